The van der Waals surface area contributed by atoms with Crippen molar-refractivity contribution in [3.05, 3.63) is 53.8 Å². The Labute approximate surface area is 145 Å². The zero-order valence-electron chi connectivity index (χ0n) is 13.4. The van der Waals surface area contributed by atoms with Gasteiger partial charge in [-0.25, -0.2) is 12.8 Å². The normalized spacial score (nSPS) is 16.6. The van der Waals surface area contributed by atoms with Gasteiger partial charge in [-0.15, -0.1) is 0 Å². The van der Waals surface area contributed by atoms with Crippen molar-refractivity contribution in [3.63, 3.8) is 0 Å². The number of benzene rings is 2. The molecular formula is C18H17FN2O3S. The minimum absolute atomic E-state index is 0.126. The molecular weight excluding hydrogens is 343 g/mol. The van der Waals surface area contributed by atoms with Crippen molar-refractivity contribution in [2.24, 2.45) is 5.92 Å². The Morgan fingerprint density at radius 3 is 2.68 bits per heavy atom. The summed E-state index contributed by atoms with van der Waals surface area (Å²) in [7, 11) is -3.86. The van der Waals surface area contributed by atoms with E-state index in [-0.39, 0.29) is 16.7 Å². The smallest absolute Gasteiger partial charge is 0.261 e. The van der Waals surface area contributed by atoms with Crippen LogP contribution < -0.4 is 9.62 Å². The average molecular weight is 360 g/mol. The van der Waals surface area contributed by atoms with Crippen molar-refractivity contribution in [2.75, 3.05) is 16.2 Å². The van der Waals surface area contributed by atoms with Gasteiger partial charge in [-0.3, -0.25) is 9.52 Å². The highest BCUT2D eigenvalue weighted by atomic mass is 32.2. The van der Waals surface area contributed by atoms with E-state index < -0.39 is 15.8 Å². The van der Waals surface area contributed by atoms with Crippen molar-refractivity contribution in [3.8, 4) is 0 Å². The summed E-state index contributed by atoms with van der Waals surface area (Å²) in [5, 5.41) is 0. The van der Waals surface area contributed by atoms with Gasteiger partial charge in [0.1, 0.15) is 5.82 Å². The first-order valence-corrected chi connectivity index (χ1v) is 9.65. The summed E-state index contributed by atoms with van der Waals surface area (Å²) in [4.78, 5) is 13.9. The molecule has 2 aromatic rings. The van der Waals surface area contributed by atoms with Crippen molar-refractivity contribution < 1.29 is 17.6 Å². The molecule has 1 amide bonds. The number of carbonyl (C=O) groups is 1. The molecule has 1 heterocycles. The monoisotopic (exact) mass is 360 g/mol. The molecule has 0 saturated heterocycles. The van der Waals surface area contributed by atoms with Crippen molar-refractivity contribution in [1.82, 2.24) is 0 Å². The van der Waals surface area contributed by atoms with Crippen LogP contribution >= 0.6 is 0 Å². The highest BCUT2D eigenvalue weighted by molar-refractivity contribution is 7.92. The van der Waals surface area contributed by atoms with E-state index in [9.17, 15) is 17.6 Å². The third-order valence-corrected chi connectivity index (χ3v) is 5.91. The second kappa shape index (κ2) is 5.84. The van der Waals surface area contributed by atoms with Crippen LogP contribution in [0.3, 0.4) is 0 Å². The third kappa shape index (κ3) is 3.11. The van der Waals surface area contributed by atoms with Crippen LogP contribution in [-0.2, 0) is 21.2 Å². The lowest BCUT2D eigenvalue weighted by Gasteiger charge is -2.17. The number of carbonyl (C=O) groups excluding carboxylic acids is 1. The molecule has 130 valence electrons. The van der Waals surface area contributed by atoms with Gasteiger partial charge in [0.15, 0.2) is 0 Å². The fourth-order valence-corrected chi connectivity index (χ4v) is 4.17. The van der Waals surface area contributed by atoms with Crippen molar-refractivity contribution in [1.29, 1.82) is 0 Å². The van der Waals surface area contributed by atoms with Crippen LogP contribution in [0.15, 0.2) is 47.4 Å². The lowest BCUT2D eigenvalue weighted by molar-refractivity contribution is -0.119. The van der Waals surface area contributed by atoms with Crippen LogP contribution in [-0.4, -0.2) is 20.9 Å². The molecule has 2 aromatic carbocycles. The van der Waals surface area contributed by atoms with Gasteiger partial charge in [0, 0.05) is 23.8 Å². The molecule has 7 heteroatoms. The largest absolute Gasteiger partial charge is 0.312 e. The molecule has 4 rings (SSSR count). The minimum Gasteiger partial charge on any atom is -0.312 e. The predicted octanol–water partition coefficient (Wildman–Crippen LogP) is 2.93. The first-order chi connectivity index (χ1) is 11.9. The van der Waals surface area contributed by atoms with Gasteiger partial charge in [0.25, 0.3) is 10.0 Å². The van der Waals surface area contributed by atoms with Gasteiger partial charge in [0.05, 0.1) is 4.90 Å². The fourth-order valence-electron chi connectivity index (χ4n) is 3.09. The van der Waals surface area contributed by atoms with E-state index in [1.54, 1.807) is 23.1 Å². The second-order valence-corrected chi connectivity index (χ2v) is 8.10. The maximum atomic E-state index is 13.3. The number of nitrogens with one attached hydrogen (secondary N) is 1. The number of amides is 1. The van der Waals surface area contributed by atoms with E-state index in [1.165, 1.54) is 18.2 Å². The Morgan fingerprint density at radius 1 is 1.16 bits per heavy atom. The maximum Gasteiger partial charge on any atom is 0.261 e. The Hall–Kier alpha value is -2.41. The van der Waals surface area contributed by atoms with Crippen LogP contribution in [0.25, 0.3) is 0 Å². The molecule has 1 saturated carbocycles. The van der Waals surface area contributed by atoms with E-state index >= 15 is 0 Å². The van der Waals surface area contributed by atoms with Crippen LogP contribution in [0, 0.1) is 11.7 Å². The average Bonchev–Trinajstić information content (AvgIpc) is 3.34. The number of hydrogen-bond acceptors (Lipinski definition) is 3. The molecule has 5 nitrogen and oxygen atoms in total. The molecule has 2 aliphatic rings. The summed E-state index contributed by atoms with van der Waals surface area (Å²) in [6.45, 7) is 0.630. The molecule has 0 unspecified atom stereocenters. The third-order valence-electron chi connectivity index (χ3n) is 4.53. The number of rotatable bonds is 4. The number of fused-ring (bicyclic) bond motifs is 1. The SMILES string of the molecule is O=C(C1CC1)N1CCc2cc(NS(=O)(=O)c3cccc(F)c3)ccc21. The first-order valence-electron chi connectivity index (χ1n) is 8.17. The summed E-state index contributed by atoms with van der Waals surface area (Å²) in [6, 6.07) is 10.0. The molecule has 0 atom stereocenters. The molecule has 1 N–H and O–H groups in total. The van der Waals surface area contributed by atoms with Gasteiger partial charge >= 0.3 is 0 Å². The summed E-state index contributed by atoms with van der Waals surface area (Å²) in [5.41, 5.74) is 2.20. The minimum atomic E-state index is -3.86. The van der Waals surface area contributed by atoms with Crippen molar-refractivity contribution >= 4 is 27.3 Å². The summed E-state index contributed by atoms with van der Waals surface area (Å²) < 4.78 is 40.5. The summed E-state index contributed by atoms with van der Waals surface area (Å²) in [5.74, 6) is -0.296. The highest BCUT2D eigenvalue weighted by Gasteiger charge is 2.36. The molecule has 1 aliphatic heterocycles. The Balaban J connectivity index is 1.58. The molecule has 1 aliphatic carbocycles. The molecule has 0 spiro atoms. The zero-order valence-corrected chi connectivity index (χ0v) is 14.2. The topological polar surface area (TPSA) is 66.5 Å². The van der Waals surface area contributed by atoms with E-state index in [2.05, 4.69) is 4.72 Å². The zero-order chi connectivity index (χ0) is 17.6. The Morgan fingerprint density at radius 2 is 1.96 bits per heavy atom. The van der Waals surface area contributed by atoms with E-state index in [4.69, 9.17) is 0 Å². The highest BCUT2D eigenvalue weighted by Crippen LogP contribution is 2.37. The Kier molecular flexibility index (Phi) is 3.76. The van der Waals surface area contributed by atoms with Crippen LogP contribution in [0.2, 0.25) is 0 Å². The van der Waals surface area contributed by atoms with E-state index in [1.807, 2.05) is 0 Å². The fraction of sp³-hybridized carbons (Fsp3) is 0.278. The molecule has 0 aromatic heterocycles. The van der Waals surface area contributed by atoms with Crippen LogP contribution in [0.4, 0.5) is 15.8 Å². The second-order valence-electron chi connectivity index (χ2n) is 6.42. The first kappa shape index (κ1) is 16.1. The number of sulfonamides is 1. The van der Waals surface area contributed by atoms with Crippen LogP contribution in [0.5, 0.6) is 0 Å². The Bertz CT molecular complexity index is 955. The quantitative estimate of drug-likeness (QED) is 0.912. The maximum absolute atomic E-state index is 13.3. The van der Waals surface area contributed by atoms with Gasteiger partial charge in [0.2, 0.25) is 5.91 Å². The number of anilines is 2. The van der Waals surface area contributed by atoms with Crippen molar-refractivity contribution in [2.45, 2.75) is 24.2 Å². The summed E-state index contributed by atoms with van der Waals surface area (Å²) in [6.07, 6.45) is 2.61. The lowest BCUT2D eigenvalue weighted by atomic mass is 10.1. The number of hydrogen-bond donors (Lipinski definition) is 1. The van der Waals surface area contributed by atoms with Gasteiger partial charge in [-0.1, -0.05) is 6.07 Å². The number of halogens is 1. The number of nitrogens with zero attached hydrogens (tertiary/aromatic N) is 1. The molecule has 0 radical (unpaired) electrons. The lowest BCUT2D eigenvalue weighted by Crippen LogP contribution is -2.30. The van der Waals surface area contributed by atoms with Crippen LogP contribution in [0.1, 0.15) is 18.4 Å². The predicted molar refractivity (Wildman–Crippen MR) is 92.4 cm³/mol. The molecule has 1 fully saturated rings. The van der Waals surface area contributed by atoms with E-state index in [0.717, 1.165) is 30.2 Å². The molecule has 25 heavy (non-hydrogen) atoms. The molecule has 0 bridgehead atoms. The van der Waals surface area contributed by atoms with Gasteiger partial charge < -0.3 is 4.90 Å². The van der Waals surface area contributed by atoms with Gasteiger partial charge in [-0.2, -0.15) is 0 Å². The van der Waals surface area contributed by atoms with Gasteiger partial charge in [-0.05, 0) is 61.2 Å². The summed E-state index contributed by atoms with van der Waals surface area (Å²) >= 11 is 0. The van der Waals surface area contributed by atoms with E-state index in [0.29, 0.717) is 18.7 Å². The standard InChI is InChI=1S/C18H17FN2O3S/c19-14-2-1-3-16(11-14)25(23,24)20-15-6-7-17-13(10-15)8-9-21(17)18(22)12-4-5-12/h1-3,6-7,10-12,20H,4-5,8-9H2.